The summed E-state index contributed by atoms with van der Waals surface area (Å²) in [6, 6.07) is 0. The molecule has 0 aliphatic carbocycles. The van der Waals surface area contributed by atoms with Gasteiger partial charge < -0.3 is 9.15 Å². The van der Waals surface area contributed by atoms with Gasteiger partial charge in [-0.05, 0) is 13.8 Å². The van der Waals surface area contributed by atoms with Crippen molar-refractivity contribution in [2.24, 2.45) is 0 Å². The highest BCUT2D eigenvalue weighted by molar-refractivity contribution is 5.90. The minimum absolute atomic E-state index is 0.00320. The Morgan fingerprint density at radius 2 is 2.33 bits per heavy atom. The summed E-state index contributed by atoms with van der Waals surface area (Å²) < 4.78 is 10.1. The van der Waals surface area contributed by atoms with E-state index in [0.717, 1.165) is 0 Å². The van der Waals surface area contributed by atoms with E-state index in [4.69, 9.17) is 9.15 Å². The molecule has 66 valence electrons. The highest BCUT2D eigenvalue weighted by Crippen LogP contribution is 2.12. The molecule has 0 unspecified atom stereocenters. The summed E-state index contributed by atoms with van der Waals surface area (Å²) in [5.74, 6) is 0.0757. The number of aromatic nitrogens is 1. The first-order valence-corrected chi connectivity index (χ1v) is 3.73. The molecule has 1 rings (SSSR count). The fourth-order valence-corrected chi connectivity index (χ4v) is 0.677. The van der Waals surface area contributed by atoms with E-state index in [2.05, 4.69) is 4.98 Å². The first-order chi connectivity index (χ1) is 5.59. The van der Waals surface area contributed by atoms with Crippen LogP contribution in [0.25, 0.3) is 0 Å². The van der Waals surface area contributed by atoms with Gasteiger partial charge in [0.2, 0.25) is 0 Å². The normalized spacial score (nSPS) is 10.3. The second-order valence-electron chi connectivity index (χ2n) is 2.71. The van der Waals surface area contributed by atoms with Crippen LogP contribution in [0.15, 0.2) is 10.6 Å². The molecule has 0 fully saturated rings. The van der Waals surface area contributed by atoms with Crippen LogP contribution in [0.5, 0.6) is 6.08 Å². The molecular formula is C8H11NO3. The molecule has 0 aromatic carbocycles. The van der Waals surface area contributed by atoms with Crippen molar-refractivity contribution in [1.29, 1.82) is 0 Å². The van der Waals surface area contributed by atoms with Crippen molar-refractivity contribution in [2.75, 3.05) is 0 Å². The smallest absolute Gasteiger partial charge is 0.394 e. The Labute approximate surface area is 70.5 Å². The van der Waals surface area contributed by atoms with Gasteiger partial charge in [0.05, 0.1) is 12.3 Å². The van der Waals surface area contributed by atoms with Crippen LogP contribution in [-0.2, 0) is 0 Å². The van der Waals surface area contributed by atoms with E-state index in [1.165, 1.54) is 13.1 Å². The molecule has 0 atom stereocenters. The fourth-order valence-electron chi connectivity index (χ4n) is 0.677. The number of rotatable bonds is 3. The fraction of sp³-hybridized carbons (Fsp3) is 0.500. The van der Waals surface area contributed by atoms with E-state index in [1.54, 1.807) is 0 Å². The van der Waals surface area contributed by atoms with Gasteiger partial charge in [0.25, 0.3) is 0 Å². The van der Waals surface area contributed by atoms with Gasteiger partial charge in [0.1, 0.15) is 0 Å². The maximum Gasteiger partial charge on any atom is 0.394 e. The van der Waals surface area contributed by atoms with Crippen LogP contribution in [0.1, 0.15) is 31.3 Å². The molecule has 4 nitrogen and oxygen atoms in total. The van der Waals surface area contributed by atoms with Crippen LogP contribution < -0.4 is 4.74 Å². The van der Waals surface area contributed by atoms with E-state index in [1.807, 2.05) is 13.8 Å². The lowest BCUT2D eigenvalue weighted by molar-refractivity contribution is 0.0970. The molecule has 1 aromatic rings. The highest BCUT2D eigenvalue weighted by atomic mass is 16.6. The average Bonchev–Trinajstić information content (AvgIpc) is 2.34. The van der Waals surface area contributed by atoms with Crippen LogP contribution in [-0.4, -0.2) is 16.9 Å². The first kappa shape index (κ1) is 8.77. The third-order valence-corrected chi connectivity index (χ3v) is 1.17. The van der Waals surface area contributed by atoms with Gasteiger partial charge in [-0.3, -0.25) is 4.79 Å². The van der Waals surface area contributed by atoms with Crippen molar-refractivity contribution in [3.05, 3.63) is 12.0 Å². The molecule has 0 aliphatic heterocycles. The summed E-state index contributed by atoms with van der Waals surface area (Å²) in [5.41, 5.74) is 0. The third-order valence-electron chi connectivity index (χ3n) is 1.17. The van der Waals surface area contributed by atoms with Crippen molar-refractivity contribution in [1.82, 2.24) is 4.98 Å². The molecule has 4 heteroatoms. The van der Waals surface area contributed by atoms with Gasteiger partial charge in [0.15, 0.2) is 11.5 Å². The molecule has 0 spiro atoms. The predicted molar refractivity (Wildman–Crippen MR) is 42.3 cm³/mol. The zero-order valence-corrected chi connectivity index (χ0v) is 7.33. The molecule has 12 heavy (non-hydrogen) atoms. The molecule has 0 bridgehead atoms. The van der Waals surface area contributed by atoms with Gasteiger partial charge >= 0.3 is 6.08 Å². The van der Waals surface area contributed by atoms with Gasteiger partial charge in [-0.1, -0.05) is 0 Å². The number of ketones is 1. The van der Waals surface area contributed by atoms with Crippen LogP contribution in [0.3, 0.4) is 0 Å². The van der Waals surface area contributed by atoms with Crippen LogP contribution in [0, 0.1) is 0 Å². The number of carbonyl (C=O) groups excluding carboxylic acids is 1. The number of ether oxygens (including phenoxy) is 1. The van der Waals surface area contributed by atoms with Gasteiger partial charge in [0, 0.05) is 6.92 Å². The number of hydrogen-bond acceptors (Lipinski definition) is 4. The summed E-state index contributed by atoms with van der Waals surface area (Å²) in [7, 11) is 0. The second-order valence-corrected chi connectivity index (χ2v) is 2.71. The third kappa shape index (κ3) is 2.08. The number of Topliss-reactive ketones (excluding diaryl/α,β-unsaturated/α-hetero) is 1. The van der Waals surface area contributed by atoms with E-state index in [-0.39, 0.29) is 23.7 Å². The Hall–Kier alpha value is -1.32. The molecular weight excluding hydrogens is 158 g/mol. The number of hydrogen-bond donors (Lipinski definition) is 0. The maximum atomic E-state index is 10.8. The first-order valence-electron chi connectivity index (χ1n) is 3.73. The Bertz CT molecular complexity index is 278. The van der Waals surface area contributed by atoms with Crippen molar-refractivity contribution >= 4 is 5.78 Å². The quantitative estimate of drug-likeness (QED) is 0.646. The minimum Gasteiger partial charge on any atom is -0.447 e. The van der Waals surface area contributed by atoms with Gasteiger partial charge in [-0.15, -0.1) is 0 Å². The van der Waals surface area contributed by atoms with E-state index < -0.39 is 0 Å². The summed E-state index contributed by atoms with van der Waals surface area (Å²) in [6.45, 7) is 5.13. The Morgan fingerprint density at radius 1 is 1.67 bits per heavy atom. The largest absolute Gasteiger partial charge is 0.447 e. The van der Waals surface area contributed by atoms with Crippen molar-refractivity contribution in [3.63, 3.8) is 0 Å². The summed E-state index contributed by atoms with van der Waals surface area (Å²) in [6.07, 6.45) is 1.51. The zero-order valence-electron chi connectivity index (χ0n) is 7.33. The lowest BCUT2D eigenvalue weighted by atomic mass is 10.4. The summed E-state index contributed by atoms with van der Waals surface area (Å²) in [4.78, 5) is 14.5. The lowest BCUT2D eigenvalue weighted by Crippen LogP contribution is -2.05. The molecule has 1 aromatic heterocycles. The molecule has 0 amide bonds. The van der Waals surface area contributed by atoms with Crippen LogP contribution >= 0.6 is 0 Å². The molecule has 0 N–H and O–H groups in total. The van der Waals surface area contributed by atoms with Crippen LogP contribution in [0.4, 0.5) is 0 Å². The lowest BCUT2D eigenvalue weighted by Gasteiger charge is -2.02. The number of nitrogens with zero attached hydrogens (tertiary/aromatic N) is 1. The molecule has 0 aliphatic rings. The van der Waals surface area contributed by atoms with Gasteiger partial charge in [-0.2, -0.15) is 4.98 Å². The molecule has 1 heterocycles. The van der Waals surface area contributed by atoms with Crippen molar-refractivity contribution in [2.45, 2.75) is 26.9 Å². The summed E-state index contributed by atoms with van der Waals surface area (Å²) in [5, 5.41) is 0. The minimum atomic E-state index is -0.152. The van der Waals surface area contributed by atoms with E-state index >= 15 is 0 Å². The standard InChI is InChI=1S/C8H11NO3/c1-5(2)11-8-9-4-7(12-8)6(3)10/h4-5H,1-3H3. The highest BCUT2D eigenvalue weighted by Gasteiger charge is 2.09. The molecule has 0 saturated carbocycles. The topological polar surface area (TPSA) is 52.3 Å². The summed E-state index contributed by atoms with van der Waals surface area (Å²) >= 11 is 0. The van der Waals surface area contributed by atoms with E-state index in [9.17, 15) is 4.79 Å². The van der Waals surface area contributed by atoms with Crippen molar-refractivity contribution < 1.29 is 13.9 Å². The Morgan fingerprint density at radius 3 is 2.75 bits per heavy atom. The second kappa shape index (κ2) is 3.38. The van der Waals surface area contributed by atoms with E-state index in [0.29, 0.717) is 0 Å². The predicted octanol–water partition coefficient (Wildman–Crippen LogP) is 1.66. The zero-order chi connectivity index (χ0) is 9.14. The van der Waals surface area contributed by atoms with Gasteiger partial charge in [-0.25, -0.2) is 0 Å². The molecule has 0 saturated heterocycles. The maximum absolute atomic E-state index is 10.8. The van der Waals surface area contributed by atoms with Crippen molar-refractivity contribution in [3.8, 4) is 6.08 Å². The Kier molecular flexibility index (Phi) is 2.47. The molecule has 0 radical (unpaired) electrons. The Balaban J connectivity index is 2.71. The monoisotopic (exact) mass is 169 g/mol. The number of oxazole rings is 1. The average molecular weight is 169 g/mol. The number of carbonyl (C=O) groups is 1. The van der Waals surface area contributed by atoms with Crippen LogP contribution in [0.2, 0.25) is 0 Å². The SMILES string of the molecule is CC(=O)c1cnc(OC(C)C)o1.